The fraction of sp³-hybridized carbons (Fsp3) is 0.538. The molecule has 0 saturated carbocycles. The van der Waals surface area contributed by atoms with E-state index in [9.17, 15) is 0 Å². The number of fused-ring (bicyclic) bond motifs is 1. The zero-order valence-corrected chi connectivity index (χ0v) is 10.6. The van der Waals surface area contributed by atoms with Gasteiger partial charge in [-0.05, 0) is 29.7 Å². The number of hydrogen-bond acceptors (Lipinski definition) is 2. The van der Waals surface area contributed by atoms with Gasteiger partial charge < -0.3 is 0 Å². The molecule has 0 N–H and O–H groups in total. The van der Waals surface area contributed by atoms with Gasteiger partial charge in [0.25, 0.3) is 0 Å². The van der Waals surface area contributed by atoms with Gasteiger partial charge in [0.05, 0.1) is 0 Å². The number of hydrogen-bond donors (Lipinski definition) is 0. The molecule has 0 aromatic heterocycles. The maximum absolute atomic E-state index is 2.52. The normalized spacial score (nSPS) is 21.7. The Kier molecular flexibility index (Phi) is 3.37. The van der Waals surface area contributed by atoms with E-state index in [1.165, 1.54) is 12.0 Å². The van der Waals surface area contributed by atoms with Gasteiger partial charge in [0.2, 0.25) is 0 Å². The van der Waals surface area contributed by atoms with Gasteiger partial charge in [-0.1, -0.05) is 50.1 Å². The van der Waals surface area contributed by atoms with E-state index < -0.39 is 0 Å². The molecule has 2 heteroatoms. The van der Waals surface area contributed by atoms with Gasteiger partial charge in [-0.3, -0.25) is 0 Å². The second-order valence-electron chi connectivity index (χ2n) is 4.54. The second-order valence-corrected chi connectivity index (χ2v) is 5.38. The summed E-state index contributed by atoms with van der Waals surface area (Å²) in [5.41, 5.74) is 3.05. The Balaban J connectivity index is 2.26. The molecule has 0 bridgehead atoms. The summed E-state index contributed by atoms with van der Waals surface area (Å²) in [5, 5.41) is 0. The van der Waals surface area contributed by atoms with E-state index in [0.717, 1.165) is 12.5 Å². The molecule has 0 spiro atoms. The first-order valence-corrected chi connectivity index (χ1v) is 6.78. The largest absolute Gasteiger partial charge is 0.243 e. The molecular formula is C13H19NS. The van der Waals surface area contributed by atoms with Crippen molar-refractivity contribution in [3.05, 3.63) is 35.4 Å². The SMILES string of the molecule is CSN1Cc2ccccc2CC1C(C)C. The van der Waals surface area contributed by atoms with Crippen molar-refractivity contribution in [3.63, 3.8) is 0 Å². The zero-order chi connectivity index (χ0) is 10.8. The highest BCUT2D eigenvalue weighted by Gasteiger charge is 2.27. The van der Waals surface area contributed by atoms with E-state index in [1.807, 2.05) is 11.9 Å². The Bertz CT molecular complexity index is 335. The highest BCUT2D eigenvalue weighted by Crippen LogP contribution is 2.30. The highest BCUT2D eigenvalue weighted by molar-refractivity contribution is 7.96. The lowest BCUT2D eigenvalue weighted by molar-refractivity contribution is 0.256. The van der Waals surface area contributed by atoms with Crippen LogP contribution in [0.1, 0.15) is 25.0 Å². The molecule has 15 heavy (non-hydrogen) atoms. The number of rotatable bonds is 2. The fourth-order valence-corrected chi connectivity index (χ4v) is 3.15. The lowest BCUT2D eigenvalue weighted by atomic mass is 9.90. The van der Waals surface area contributed by atoms with Crippen molar-refractivity contribution in [2.75, 3.05) is 6.26 Å². The summed E-state index contributed by atoms with van der Waals surface area (Å²) in [6.45, 7) is 5.74. The van der Waals surface area contributed by atoms with Crippen LogP contribution in [-0.2, 0) is 13.0 Å². The van der Waals surface area contributed by atoms with Crippen LogP contribution >= 0.6 is 11.9 Å². The molecule has 1 nitrogen and oxygen atoms in total. The third-order valence-corrected chi connectivity index (χ3v) is 4.12. The van der Waals surface area contributed by atoms with Crippen LogP contribution in [0.15, 0.2) is 24.3 Å². The molecule has 0 saturated heterocycles. The molecule has 2 rings (SSSR count). The van der Waals surface area contributed by atoms with Gasteiger partial charge in [0.15, 0.2) is 0 Å². The Hall–Kier alpha value is -0.470. The molecule has 0 amide bonds. The van der Waals surface area contributed by atoms with Crippen LogP contribution in [0.25, 0.3) is 0 Å². The van der Waals surface area contributed by atoms with Crippen LogP contribution in [0, 0.1) is 5.92 Å². The monoisotopic (exact) mass is 221 g/mol. The summed E-state index contributed by atoms with van der Waals surface area (Å²) in [5.74, 6) is 0.728. The maximum atomic E-state index is 2.52. The highest BCUT2D eigenvalue weighted by atomic mass is 32.2. The predicted molar refractivity (Wildman–Crippen MR) is 67.8 cm³/mol. The average Bonchev–Trinajstić information content (AvgIpc) is 2.27. The summed E-state index contributed by atoms with van der Waals surface area (Å²) in [4.78, 5) is 0. The van der Waals surface area contributed by atoms with E-state index in [-0.39, 0.29) is 0 Å². The molecular weight excluding hydrogens is 202 g/mol. The lowest BCUT2D eigenvalue weighted by Gasteiger charge is -2.37. The van der Waals surface area contributed by atoms with Gasteiger partial charge in [0, 0.05) is 12.6 Å². The van der Waals surface area contributed by atoms with E-state index in [1.54, 1.807) is 5.56 Å². The summed E-state index contributed by atoms with van der Waals surface area (Å²) in [6, 6.07) is 9.53. The summed E-state index contributed by atoms with van der Waals surface area (Å²) >= 11 is 1.88. The quantitative estimate of drug-likeness (QED) is 0.705. The summed E-state index contributed by atoms with van der Waals surface area (Å²) in [6.07, 6.45) is 3.39. The zero-order valence-electron chi connectivity index (χ0n) is 9.73. The molecule has 82 valence electrons. The maximum Gasteiger partial charge on any atom is 0.0346 e. The first-order valence-electron chi connectivity index (χ1n) is 5.60. The van der Waals surface area contributed by atoms with Gasteiger partial charge in [-0.2, -0.15) is 0 Å². The van der Waals surface area contributed by atoms with Crippen LogP contribution < -0.4 is 0 Å². The minimum absolute atomic E-state index is 0.690. The molecule has 1 atom stereocenters. The number of nitrogens with zero attached hydrogens (tertiary/aromatic N) is 1. The first-order chi connectivity index (χ1) is 7.22. The summed E-state index contributed by atoms with van der Waals surface area (Å²) in [7, 11) is 0. The lowest BCUT2D eigenvalue weighted by Crippen LogP contribution is -2.39. The van der Waals surface area contributed by atoms with Gasteiger partial charge in [-0.15, -0.1) is 0 Å². The van der Waals surface area contributed by atoms with E-state index >= 15 is 0 Å². The van der Waals surface area contributed by atoms with Crippen LogP contribution in [0.3, 0.4) is 0 Å². The van der Waals surface area contributed by atoms with E-state index in [4.69, 9.17) is 0 Å². The van der Waals surface area contributed by atoms with Crippen molar-refractivity contribution in [2.24, 2.45) is 5.92 Å². The van der Waals surface area contributed by atoms with Gasteiger partial charge in [-0.25, -0.2) is 4.31 Å². The molecule has 0 aliphatic carbocycles. The van der Waals surface area contributed by atoms with Crippen molar-refractivity contribution >= 4 is 11.9 Å². The number of benzene rings is 1. The van der Waals surface area contributed by atoms with E-state index in [2.05, 4.69) is 48.7 Å². The third kappa shape index (κ3) is 2.21. The van der Waals surface area contributed by atoms with Gasteiger partial charge in [0.1, 0.15) is 0 Å². The van der Waals surface area contributed by atoms with Crippen molar-refractivity contribution in [2.45, 2.75) is 32.9 Å². The fourth-order valence-electron chi connectivity index (χ4n) is 2.29. The third-order valence-electron chi connectivity index (χ3n) is 3.25. The van der Waals surface area contributed by atoms with Crippen molar-refractivity contribution < 1.29 is 0 Å². The molecule has 1 aromatic carbocycles. The minimum atomic E-state index is 0.690. The standard InChI is InChI=1S/C13H19NS/c1-10(2)13-8-11-6-4-5-7-12(11)9-14(13)15-3/h4-7,10,13H,8-9H2,1-3H3. The Labute approximate surface area is 97.0 Å². The molecule has 1 heterocycles. The predicted octanol–water partition coefficient (Wildman–Crippen LogP) is 3.35. The minimum Gasteiger partial charge on any atom is -0.243 e. The first kappa shape index (κ1) is 11.0. The van der Waals surface area contributed by atoms with Crippen LogP contribution in [0.5, 0.6) is 0 Å². The summed E-state index contributed by atoms with van der Waals surface area (Å²) < 4.78 is 2.52. The van der Waals surface area contributed by atoms with Crippen molar-refractivity contribution in [3.8, 4) is 0 Å². The molecule has 1 aromatic rings. The van der Waals surface area contributed by atoms with Crippen LogP contribution in [0.4, 0.5) is 0 Å². The smallest absolute Gasteiger partial charge is 0.0346 e. The van der Waals surface area contributed by atoms with E-state index in [0.29, 0.717) is 6.04 Å². The molecule has 1 aliphatic heterocycles. The Morgan fingerprint density at radius 1 is 1.27 bits per heavy atom. The van der Waals surface area contributed by atoms with Crippen molar-refractivity contribution in [1.29, 1.82) is 0 Å². The topological polar surface area (TPSA) is 3.24 Å². The molecule has 0 fully saturated rings. The van der Waals surface area contributed by atoms with Crippen LogP contribution in [0.2, 0.25) is 0 Å². The Morgan fingerprint density at radius 2 is 1.93 bits per heavy atom. The van der Waals surface area contributed by atoms with Crippen LogP contribution in [-0.4, -0.2) is 16.6 Å². The molecule has 1 unspecified atom stereocenters. The average molecular weight is 221 g/mol. The second kappa shape index (κ2) is 4.58. The Morgan fingerprint density at radius 3 is 2.53 bits per heavy atom. The van der Waals surface area contributed by atoms with Crippen molar-refractivity contribution in [1.82, 2.24) is 4.31 Å². The molecule has 0 radical (unpaired) electrons. The molecule has 1 aliphatic rings. The van der Waals surface area contributed by atoms with Gasteiger partial charge >= 0.3 is 0 Å².